The maximum atomic E-state index is 5.70. The Bertz CT molecular complexity index is 232. The molecule has 0 aliphatic heterocycles. The molecule has 0 unspecified atom stereocenters. The first-order chi connectivity index (χ1) is 5.38. The average Bonchev–Trinajstić information content (AvgIpc) is 2.87. The SMILES string of the molecule is NN(c1ccnnn1)C1CC1. The topological polar surface area (TPSA) is 67.9 Å². The fourth-order valence-corrected chi connectivity index (χ4v) is 0.912. The van der Waals surface area contributed by atoms with E-state index in [4.69, 9.17) is 5.84 Å². The third-order valence-electron chi connectivity index (χ3n) is 1.69. The van der Waals surface area contributed by atoms with Gasteiger partial charge in [0.2, 0.25) is 0 Å². The molecule has 1 heterocycles. The molecule has 0 amide bonds. The highest BCUT2D eigenvalue weighted by atomic mass is 15.5. The highest BCUT2D eigenvalue weighted by molar-refractivity contribution is 5.36. The van der Waals surface area contributed by atoms with E-state index in [0.717, 1.165) is 12.8 Å². The van der Waals surface area contributed by atoms with Crippen LogP contribution >= 0.6 is 0 Å². The van der Waals surface area contributed by atoms with Crippen molar-refractivity contribution in [2.45, 2.75) is 18.9 Å². The molecule has 2 rings (SSSR count). The van der Waals surface area contributed by atoms with Gasteiger partial charge in [0.25, 0.3) is 0 Å². The van der Waals surface area contributed by atoms with Crippen LogP contribution in [0.1, 0.15) is 12.8 Å². The van der Waals surface area contributed by atoms with Crippen LogP contribution in [0.5, 0.6) is 0 Å². The minimum absolute atomic E-state index is 0.465. The van der Waals surface area contributed by atoms with E-state index in [1.807, 2.05) is 0 Å². The second-order valence-corrected chi connectivity index (χ2v) is 2.62. The van der Waals surface area contributed by atoms with Crippen LogP contribution in [0.2, 0.25) is 0 Å². The Morgan fingerprint density at radius 1 is 1.55 bits per heavy atom. The Labute approximate surface area is 64.2 Å². The van der Waals surface area contributed by atoms with Gasteiger partial charge in [-0.15, -0.1) is 10.2 Å². The highest BCUT2D eigenvalue weighted by Crippen LogP contribution is 2.26. The smallest absolute Gasteiger partial charge is 0.168 e. The van der Waals surface area contributed by atoms with Gasteiger partial charge >= 0.3 is 0 Å². The third kappa shape index (κ3) is 1.27. The van der Waals surface area contributed by atoms with Crippen LogP contribution in [-0.4, -0.2) is 21.5 Å². The molecule has 0 atom stereocenters. The zero-order valence-corrected chi connectivity index (χ0v) is 6.01. The Morgan fingerprint density at radius 3 is 2.91 bits per heavy atom. The van der Waals surface area contributed by atoms with Gasteiger partial charge in [0.1, 0.15) is 0 Å². The number of hydrogen-bond donors (Lipinski definition) is 1. The fraction of sp³-hybridized carbons (Fsp3) is 0.500. The summed E-state index contributed by atoms with van der Waals surface area (Å²) in [6, 6.07) is 2.22. The number of nitrogens with two attached hydrogens (primary N) is 1. The van der Waals surface area contributed by atoms with E-state index >= 15 is 0 Å². The Morgan fingerprint density at radius 2 is 2.36 bits per heavy atom. The van der Waals surface area contributed by atoms with E-state index in [9.17, 15) is 0 Å². The lowest BCUT2D eigenvalue weighted by Gasteiger charge is -2.14. The van der Waals surface area contributed by atoms with Crippen molar-refractivity contribution in [1.82, 2.24) is 15.4 Å². The van der Waals surface area contributed by atoms with Crippen LogP contribution < -0.4 is 10.9 Å². The number of rotatable bonds is 2. The molecule has 0 radical (unpaired) electrons. The van der Waals surface area contributed by atoms with Crippen molar-refractivity contribution in [1.29, 1.82) is 0 Å². The van der Waals surface area contributed by atoms with Crippen LogP contribution in [0.3, 0.4) is 0 Å². The normalized spacial score (nSPS) is 16.5. The van der Waals surface area contributed by atoms with Crippen LogP contribution in [0.4, 0.5) is 5.82 Å². The van der Waals surface area contributed by atoms with Crippen molar-refractivity contribution in [3.63, 3.8) is 0 Å². The lowest BCUT2D eigenvalue weighted by atomic mass is 10.5. The predicted molar refractivity (Wildman–Crippen MR) is 39.5 cm³/mol. The number of nitrogens with zero attached hydrogens (tertiary/aromatic N) is 4. The highest BCUT2D eigenvalue weighted by Gasteiger charge is 2.28. The summed E-state index contributed by atoms with van der Waals surface area (Å²) in [5, 5.41) is 12.5. The summed E-state index contributed by atoms with van der Waals surface area (Å²) in [6.07, 6.45) is 3.89. The first kappa shape index (κ1) is 6.48. The van der Waals surface area contributed by atoms with E-state index < -0.39 is 0 Å². The van der Waals surface area contributed by atoms with Gasteiger partial charge in [-0.05, 0) is 18.1 Å². The minimum atomic E-state index is 0.465. The van der Waals surface area contributed by atoms with E-state index in [2.05, 4.69) is 15.4 Å². The fourth-order valence-electron chi connectivity index (χ4n) is 0.912. The van der Waals surface area contributed by atoms with E-state index in [1.165, 1.54) is 0 Å². The zero-order valence-electron chi connectivity index (χ0n) is 6.01. The van der Waals surface area contributed by atoms with Crippen molar-refractivity contribution >= 4 is 5.82 Å². The summed E-state index contributed by atoms with van der Waals surface area (Å²) in [7, 11) is 0. The first-order valence-electron chi connectivity index (χ1n) is 3.56. The maximum Gasteiger partial charge on any atom is 0.168 e. The molecule has 1 aromatic heterocycles. The lowest BCUT2D eigenvalue weighted by molar-refractivity contribution is 0.774. The van der Waals surface area contributed by atoms with Gasteiger partial charge in [-0.25, -0.2) is 5.84 Å². The average molecular weight is 151 g/mol. The van der Waals surface area contributed by atoms with E-state index in [-0.39, 0.29) is 0 Å². The molecule has 1 aromatic rings. The van der Waals surface area contributed by atoms with Gasteiger partial charge in [0, 0.05) is 12.1 Å². The summed E-state index contributed by atoms with van der Waals surface area (Å²) in [4.78, 5) is 0. The van der Waals surface area contributed by atoms with Crippen LogP contribution in [-0.2, 0) is 0 Å². The molecule has 5 heteroatoms. The zero-order chi connectivity index (χ0) is 7.68. The van der Waals surface area contributed by atoms with Crippen LogP contribution in [0, 0.1) is 0 Å². The Kier molecular flexibility index (Phi) is 1.43. The molecule has 2 N–H and O–H groups in total. The Balaban J connectivity index is 2.15. The standard InChI is InChI=1S/C6H9N5/c7-11(5-1-2-5)6-3-4-8-10-9-6/h3-5H,1-2,7H2. The first-order valence-corrected chi connectivity index (χ1v) is 3.56. The molecule has 0 aromatic carbocycles. The molecule has 5 nitrogen and oxygen atoms in total. The maximum absolute atomic E-state index is 5.70. The van der Waals surface area contributed by atoms with E-state index in [1.54, 1.807) is 17.3 Å². The molecular weight excluding hydrogens is 142 g/mol. The summed E-state index contributed by atoms with van der Waals surface area (Å²) in [5.74, 6) is 6.40. The number of hydrazine groups is 1. The van der Waals surface area contributed by atoms with Gasteiger partial charge in [0.15, 0.2) is 5.82 Å². The van der Waals surface area contributed by atoms with Crippen LogP contribution in [0.25, 0.3) is 0 Å². The second-order valence-electron chi connectivity index (χ2n) is 2.62. The lowest BCUT2D eigenvalue weighted by Crippen LogP contribution is -2.33. The molecule has 1 saturated carbocycles. The summed E-state index contributed by atoms with van der Waals surface area (Å²) in [5.41, 5.74) is 0. The quantitative estimate of drug-likeness (QED) is 0.465. The van der Waals surface area contributed by atoms with Gasteiger partial charge in [-0.1, -0.05) is 0 Å². The van der Waals surface area contributed by atoms with Crippen molar-refractivity contribution in [3.8, 4) is 0 Å². The molecule has 1 fully saturated rings. The summed E-state index contributed by atoms with van der Waals surface area (Å²) in [6.45, 7) is 0. The molecule has 0 spiro atoms. The number of anilines is 1. The van der Waals surface area contributed by atoms with Gasteiger partial charge in [-0.3, -0.25) is 5.01 Å². The molecule has 1 aliphatic carbocycles. The predicted octanol–water partition coefficient (Wildman–Crippen LogP) is -0.286. The Hall–Kier alpha value is -1.23. The minimum Gasteiger partial charge on any atom is -0.290 e. The van der Waals surface area contributed by atoms with Crippen molar-refractivity contribution in [2.75, 3.05) is 5.01 Å². The largest absolute Gasteiger partial charge is 0.290 e. The molecule has 0 saturated heterocycles. The summed E-state index contributed by atoms with van der Waals surface area (Å²) < 4.78 is 0. The van der Waals surface area contributed by atoms with Gasteiger partial charge in [-0.2, -0.15) is 0 Å². The number of aromatic nitrogens is 3. The monoisotopic (exact) mass is 151 g/mol. The molecule has 0 bridgehead atoms. The van der Waals surface area contributed by atoms with Crippen LogP contribution in [0.15, 0.2) is 12.3 Å². The van der Waals surface area contributed by atoms with Gasteiger partial charge in [0.05, 0.1) is 6.20 Å². The third-order valence-corrected chi connectivity index (χ3v) is 1.69. The van der Waals surface area contributed by atoms with Crippen molar-refractivity contribution < 1.29 is 0 Å². The van der Waals surface area contributed by atoms with Crippen molar-refractivity contribution in [2.24, 2.45) is 5.84 Å². The number of hydrogen-bond acceptors (Lipinski definition) is 5. The molecular formula is C6H9N5. The molecule has 58 valence electrons. The second kappa shape index (κ2) is 2.43. The summed E-state index contributed by atoms with van der Waals surface area (Å²) >= 11 is 0. The van der Waals surface area contributed by atoms with Crippen molar-refractivity contribution in [3.05, 3.63) is 12.3 Å². The van der Waals surface area contributed by atoms with E-state index in [0.29, 0.717) is 11.9 Å². The molecule has 1 aliphatic rings. The molecule has 11 heavy (non-hydrogen) atoms. The van der Waals surface area contributed by atoms with Gasteiger partial charge < -0.3 is 0 Å².